The van der Waals surface area contributed by atoms with Crippen LogP contribution in [0, 0.1) is 5.92 Å². The average Bonchev–Trinajstić information content (AvgIpc) is 2.39. The molecule has 0 aromatic rings. The molecule has 0 aromatic carbocycles. The lowest BCUT2D eigenvalue weighted by Crippen LogP contribution is -2.43. The standard InChI is InChI=1S/C11H22N4O2/c1-13(2)8-10(16)15-5-4-14(3)6-9(7-15)11(12)17/h9H,4-8H2,1-3H3,(H2,12,17). The molecule has 0 aliphatic carbocycles. The van der Waals surface area contributed by atoms with E-state index in [0.29, 0.717) is 26.2 Å². The molecule has 1 atom stereocenters. The van der Waals surface area contributed by atoms with Crippen molar-refractivity contribution in [1.82, 2.24) is 14.7 Å². The number of likely N-dealkylation sites (N-methyl/N-ethyl adjacent to an activating group) is 2. The number of hydrogen-bond donors (Lipinski definition) is 1. The molecule has 6 nitrogen and oxygen atoms in total. The molecule has 1 heterocycles. The van der Waals surface area contributed by atoms with Gasteiger partial charge in [-0.2, -0.15) is 0 Å². The number of carbonyl (C=O) groups excluding carboxylic acids is 2. The highest BCUT2D eigenvalue weighted by Crippen LogP contribution is 2.08. The van der Waals surface area contributed by atoms with Gasteiger partial charge in [0.05, 0.1) is 12.5 Å². The van der Waals surface area contributed by atoms with Crippen molar-refractivity contribution in [2.75, 3.05) is 53.9 Å². The topological polar surface area (TPSA) is 69.9 Å². The van der Waals surface area contributed by atoms with E-state index >= 15 is 0 Å². The van der Waals surface area contributed by atoms with Crippen LogP contribution in [-0.4, -0.2) is 80.4 Å². The van der Waals surface area contributed by atoms with Crippen LogP contribution >= 0.6 is 0 Å². The van der Waals surface area contributed by atoms with E-state index in [2.05, 4.69) is 0 Å². The summed E-state index contributed by atoms with van der Waals surface area (Å²) in [6, 6.07) is 0. The highest BCUT2D eigenvalue weighted by molar-refractivity contribution is 5.81. The van der Waals surface area contributed by atoms with Gasteiger partial charge >= 0.3 is 0 Å². The Balaban J connectivity index is 2.66. The van der Waals surface area contributed by atoms with Gasteiger partial charge in [0.15, 0.2) is 0 Å². The molecule has 1 unspecified atom stereocenters. The van der Waals surface area contributed by atoms with Crippen LogP contribution in [0.15, 0.2) is 0 Å². The lowest BCUT2D eigenvalue weighted by Gasteiger charge is -2.24. The summed E-state index contributed by atoms with van der Waals surface area (Å²) in [7, 11) is 5.65. The third-order valence-electron chi connectivity index (χ3n) is 2.93. The zero-order valence-electron chi connectivity index (χ0n) is 10.8. The van der Waals surface area contributed by atoms with Crippen LogP contribution in [0.25, 0.3) is 0 Å². The fourth-order valence-electron chi connectivity index (χ4n) is 1.95. The predicted octanol–water partition coefficient (Wildman–Crippen LogP) is -1.58. The third kappa shape index (κ3) is 4.32. The van der Waals surface area contributed by atoms with Crippen molar-refractivity contribution in [2.45, 2.75) is 0 Å². The average molecular weight is 242 g/mol. The molecule has 2 amide bonds. The molecule has 17 heavy (non-hydrogen) atoms. The molecule has 2 N–H and O–H groups in total. The molecule has 1 fully saturated rings. The van der Waals surface area contributed by atoms with Crippen molar-refractivity contribution in [3.63, 3.8) is 0 Å². The normalized spacial score (nSPS) is 22.6. The van der Waals surface area contributed by atoms with Crippen molar-refractivity contribution in [1.29, 1.82) is 0 Å². The minimum atomic E-state index is -0.332. The van der Waals surface area contributed by atoms with E-state index in [0.717, 1.165) is 6.54 Å². The van der Waals surface area contributed by atoms with Crippen LogP contribution in [-0.2, 0) is 9.59 Å². The van der Waals surface area contributed by atoms with E-state index in [9.17, 15) is 9.59 Å². The first-order chi connectivity index (χ1) is 7.90. The molecular weight excluding hydrogens is 220 g/mol. The highest BCUT2D eigenvalue weighted by Gasteiger charge is 2.27. The smallest absolute Gasteiger partial charge is 0.236 e. The summed E-state index contributed by atoms with van der Waals surface area (Å²) >= 11 is 0. The molecule has 1 saturated heterocycles. The Hall–Kier alpha value is -1.14. The maximum atomic E-state index is 11.9. The first-order valence-electron chi connectivity index (χ1n) is 5.80. The fourth-order valence-corrected chi connectivity index (χ4v) is 1.95. The highest BCUT2D eigenvalue weighted by atomic mass is 16.2. The van der Waals surface area contributed by atoms with E-state index in [1.54, 1.807) is 4.90 Å². The number of carbonyl (C=O) groups is 2. The van der Waals surface area contributed by atoms with Gasteiger partial charge in [0.2, 0.25) is 11.8 Å². The number of nitrogens with zero attached hydrogens (tertiary/aromatic N) is 3. The Morgan fingerprint density at radius 3 is 2.47 bits per heavy atom. The van der Waals surface area contributed by atoms with Crippen molar-refractivity contribution in [3.8, 4) is 0 Å². The van der Waals surface area contributed by atoms with Gasteiger partial charge in [-0.25, -0.2) is 0 Å². The third-order valence-corrected chi connectivity index (χ3v) is 2.93. The second-order valence-electron chi connectivity index (χ2n) is 4.94. The maximum absolute atomic E-state index is 11.9. The number of hydrogen-bond acceptors (Lipinski definition) is 4. The largest absolute Gasteiger partial charge is 0.369 e. The fraction of sp³-hybridized carbons (Fsp3) is 0.818. The van der Waals surface area contributed by atoms with E-state index in [1.807, 2.05) is 30.9 Å². The summed E-state index contributed by atoms with van der Waals surface area (Å²) in [4.78, 5) is 28.8. The summed E-state index contributed by atoms with van der Waals surface area (Å²) in [5.74, 6) is -0.549. The number of rotatable bonds is 3. The molecule has 0 aromatic heterocycles. The predicted molar refractivity (Wildman–Crippen MR) is 65.3 cm³/mol. The maximum Gasteiger partial charge on any atom is 0.236 e. The second-order valence-corrected chi connectivity index (χ2v) is 4.94. The van der Waals surface area contributed by atoms with Crippen LogP contribution in [0.3, 0.4) is 0 Å². The summed E-state index contributed by atoms with van der Waals surface area (Å²) < 4.78 is 0. The zero-order chi connectivity index (χ0) is 13.0. The molecule has 0 spiro atoms. The monoisotopic (exact) mass is 242 g/mol. The minimum Gasteiger partial charge on any atom is -0.369 e. The number of nitrogens with two attached hydrogens (primary N) is 1. The van der Waals surface area contributed by atoms with Gasteiger partial charge in [0.1, 0.15) is 0 Å². The SMILES string of the molecule is CN(C)CC(=O)N1CCN(C)CC(C(N)=O)C1. The van der Waals surface area contributed by atoms with Crippen LogP contribution in [0.5, 0.6) is 0 Å². The van der Waals surface area contributed by atoms with Gasteiger partial charge < -0.3 is 20.4 Å². The quantitative estimate of drug-likeness (QED) is 0.649. The van der Waals surface area contributed by atoms with Crippen molar-refractivity contribution < 1.29 is 9.59 Å². The summed E-state index contributed by atoms with van der Waals surface area (Å²) in [5.41, 5.74) is 5.35. The minimum absolute atomic E-state index is 0.0524. The molecule has 1 aliphatic rings. The molecule has 1 aliphatic heterocycles. The van der Waals surface area contributed by atoms with Crippen molar-refractivity contribution in [3.05, 3.63) is 0 Å². The molecule has 0 bridgehead atoms. The molecule has 0 radical (unpaired) electrons. The van der Waals surface area contributed by atoms with Gasteiger partial charge in [0, 0.05) is 26.2 Å². The van der Waals surface area contributed by atoms with Crippen molar-refractivity contribution >= 4 is 11.8 Å². The molecule has 1 rings (SSSR count). The zero-order valence-corrected chi connectivity index (χ0v) is 10.8. The Kier molecular flexibility index (Phi) is 4.89. The van der Waals surface area contributed by atoms with Crippen LogP contribution in [0.1, 0.15) is 0 Å². The van der Waals surface area contributed by atoms with Crippen LogP contribution in [0.4, 0.5) is 0 Å². The van der Waals surface area contributed by atoms with E-state index in [1.165, 1.54) is 0 Å². The first-order valence-corrected chi connectivity index (χ1v) is 5.80. The first kappa shape index (κ1) is 13.9. The van der Waals surface area contributed by atoms with Crippen LogP contribution < -0.4 is 5.73 Å². The van der Waals surface area contributed by atoms with Gasteiger partial charge in [-0.1, -0.05) is 0 Å². The lowest BCUT2D eigenvalue weighted by molar-refractivity contribution is -0.133. The Morgan fingerprint density at radius 2 is 1.94 bits per heavy atom. The van der Waals surface area contributed by atoms with Gasteiger partial charge in [-0.05, 0) is 21.1 Å². The lowest BCUT2D eigenvalue weighted by atomic mass is 10.1. The Labute approximate surface area is 102 Å². The number of primary amides is 1. The summed E-state index contributed by atoms with van der Waals surface area (Å²) in [5, 5.41) is 0. The van der Waals surface area contributed by atoms with Gasteiger partial charge in [-0.3, -0.25) is 9.59 Å². The van der Waals surface area contributed by atoms with Gasteiger partial charge in [0.25, 0.3) is 0 Å². The summed E-state index contributed by atoms with van der Waals surface area (Å²) in [6.45, 7) is 2.87. The number of amides is 2. The van der Waals surface area contributed by atoms with Gasteiger partial charge in [-0.15, -0.1) is 0 Å². The Bertz CT molecular complexity index is 293. The molecular formula is C11H22N4O2. The van der Waals surface area contributed by atoms with E-state index < -0.39 is 0 Å². The Morgan fingerprint density at radius 1 is 1.29 bits per heavy atom. The van der Waals surface area contributed by atoms with Crippen molar-refractivity contribution in [2.24, 2.45) is 11.7 Å². The van der Waals surface area contributed by atoms with Crippen LogP contribution in [0.2, 0.25) is 0 Å². The second kappa shape index (κ2) is 5.97. The molecule has 98 valence electrons. The molecule has 0 saturated carbocycles. The molecule has 6 heteroatoms. The van der Waals surface area contributed by atoms with E-state index in [4.69, 9.17) is 5.73 Å². The summed E-state index contributed by atoms with van der Waals surface area (Å²) in [6.07, 6.45) is 0. The van der Waals surface area contributed by atoms with E-state index in [-0.39, 0.29) is 17.7 Å².